The van der Waals surface area contributed by atoms with E-state index in [1.54, 1.807) is 18.2 Å². The van der Waals surface area contributed by atoms with Crippen molar-refractivity contribution in [3.05, 3.63) is 42.2 Å². The Morgan fingerprint density at radius 3 is 2.25 bits per heavy atom. The summed E-state index contributed by atoms with van der Waals surface area (Å²) in [7, 11) is 0. The van der Waals surface area contributed by atoms with E-state index in [9.17, 15) is 4.39 Å². The van der Waals surface area contributed by atoms with E-state index in [1.165, 1.54) is 12.1 Å². The van der Waals surface area contributed by atoms with Crippen LogP contribution in [0.2, 0.25) is 0 Å². The van der Waals surface area contributed by atoms with E-state index >= 15 is 0 Å². The molecule has 64 valence electrons. The van der Waals surface area contributed by atoms with Crippen LogP contribution in [0.3, 0.4) is 0 Å². The first-order valence-electron chi connectivity index (χ1n) is 3.79. The normalized spacial score (nSPS) is 12.8. The zero-order valence-electron chi connectivity index (χ0n) is 6.79. The minimum absolute atomic E-state index is 0.215. The molecule has 2 heteroatoms. The van der Waals surface area contributed by atoms with E-state index < -0.39 is 0 Å². The van der Waals surface area contributed by atoms with Crippen molar-refractivity contribution in [1.82, 2.24) is 0 Å². The Bertz CT molecular complexity index is 253. The first kappa shape index (κ1) is 8.94. The van der Waals surface area contributed by atoms with Gasteiger partial charge in [0.25, 0.3) is 0 Å². The minimum Gasteiger partial charge on any atom is -0.377 e. The molecule has 12 heavy (non-hydrogen) atoms. The van der Waals surface area contributed by atoms with Gasteiger partial charge < -0.3 is 4.74 Å². The number of rotatable bonds is 1. The lowest BCUT2D eigenvalue weighted by molar-refractivity contribution is 0.475. The summed E-state index contributed by atoms with van der Waals surface area (Å²) in [5.41, 5.74) is 0.553. The van der Waals surface area contributed by atoms with Crippen molar-refractivity contribution in [1.29, 1.82) is 0 Å². The van der Waals surface area contributed by atoms with Crippen LogP contribution >= 0.6 is 0 Å². The van der Waals surface area contributed by atoms with Gasteiger partial charge in [0.15, 0.2) is 0 Å². The largest absolute Gasteiger partial charge is 0.377 e. The molecule has 0 amide bonds. The van der Waals surface area contributed by atoms with Crippen molar-refractivity contribution in [2.45, 2.75) is 0 Å². The molecule has 2 rings (SSSR count). The van der Waals surface area contributed by atoms with E-state index in [0.717, 1.165) is 13.2 Å². The monoisotopic (exact) mass is 166 g/mol. The van der Waals surface area contributed by atoms with Gasteiger partial charge in [0, 0.05) is 5.56 Å². The van der Waals surface area contributed by atoms with Crippen LogP contribution in [0.1, 0.15) is 5.56 Å². The van der Waals surface area contributed by atoms with Crippen LogP contribution in [0.15, 0.2) is 30.8 Å². The van der Waals surface area contributed by atoms with Gasteiger partial charge >= 0.3 is 0 Å². The van der Waals surface area contributed by atoms with Gasteiger partial charge in [0.2, 0.25) is 0 Å². The van der Waals surface area contributed by atoms with Gasteiger partial charge in [-0.25, -0.2) is 4.39 Å². The van der Waals surface area contributed by atoms with Crippen LogP contribution in [0.5, 0.6) is 0 Å². The van der Waals surface area contributed by atoms with Gasteiger partial charge in [-0.05, 0) is 6.07 Å². The predicted octanol–water partition coefficient (Wildman–Crippen LogP) is 2.49. The molecule has 1 saturated heterocycles. The van der Waals surface area contributed by atoms with Crippen LogP contribution < -0.4 is 0 Å². The van der Waals surface area contributed by atoms with Crippen LogP contribution in [-0.4, -0.2) is 13.2 Å². The Labute approximate surface area is 71.5 Å². The topological polar surface area (TPSA) is 12.5 Å². The number of hydrogen-bond acceptors (Lipinski definition) is 1. The van der Waals surface area contributed by atoms with Crippen LogP contribution in [0.25, 0.3) is 6.08 Å². The molecule has 0 atom stereocenters. The molecule has 0 spiro atoms. The second-order valence-corrected chi connectivity index (χ2v) is 2.34. The van der Waals surface area contributed by atoms with E-state index in [2.05, 4.69) is 11.3 Å². The molecule has 1 aromatic carbocycles. The highest BCUT2D eigenvalue weighted by Gasteiger charge is 1.94. The lowest BCUT2D eigenvalue weighted by Crippen LogP contribution is -1.76. The maximum atomic E-state index is 12.5. The molecule has 1 aliphatic rings. The molecule has 1 nitrogen and oxygen atoms in total. The smallest absolute Gasteiger partial charge is 0.130 e. The lowest BCUT2D eigenvalue weighted by atomic mass is 10.2. The number of hydrogen-bond donors (Lipinski definition) is 0. The van der Waals surface area contributed by atoms with Gasteiger partial charge in [-0.2, -0.15) is 0 Å². The summed E-state index contributed by atoms with van der Waals surface area (Å²) in [5, 5.41) is 0. The third-order valence-corrected chi connectivity index (χ3v) is 1.33. The highest BCUT2D eigenvalue weighted by atomic mass is 19.1. The molecule has 0 bridgehead atoms. The van der Waals surface area contributed by atoms with Crippen molar-refractivity contribution >= 4 is 6.08 Å². The second kappa shape index (κ2) is 4.67. The van der Waals surface area contributed by atoms with E-state index in [1.807, 2.05) is 0 Å². The Hall–Kier alpha value is -1.15. The number of epoxide rings is 1. The van der Waals surface area contributed by atoms with Crippen molar-refractivity contribution in [2.75, 3.05) is 13.2 Å². The fraction of sp³-hybridized carbons (Fsp3) is 0.200. The molecule has 1 fully saturated rings. The second-order valence-electron chi connectivity index (χ2n) is 2.34. The third-order valence-electron chi connectivity index (χ3n) is 1.33. The zero-order valence-corrected chi connectivity index (χ0v) is 6.79. The zero-order chi connectivity index (χ0) is 8.81. The van der Waals surface area contributed by atoms with Crippen molar-refractivity contribution in [3.63, 3.8) is 0 Å². The van der Waals surface area contributed by atoms with Crippen LogP contribution in [-0.2, 0) is 4.74 Å². The number of halogens is 1. The maximum Gasteiger partial charge on any atom is 0.130 e. The minimum atomic E-state index is -0.215. The molecule has 0 unspecified atom stereocenters. The number of ether oxygens (including phenoxy) is 1. The molecule has 1 heterocycles. The fourth-order valence-electron chi connectivity index (χ4n) is 0.641. The molecule has 1 aliphatic heterocycles. The Balaban J connectivity index is 0.000000200. The average molecular weight is 166 g/mol. The van der Waals surface area contributed by atoms with E-state index in [4.69, 9.17) is 0 Å². The van der Waals surface area contributed by atoms with Crippen molar-refractivity contribution in [2.24, 2.45) is 0 Å². The Morgan fingerprint density at radius 1 is 1.33 bits per heavy atom. The number of benzene rings is 1. The maximum absolute atomic E-state index is 12.5. The summed E-state index contributed by atoms with van der Waals surface area (Å²) in [6, 6.07) is 6.53. The summed E-state index contributed by atoms with van der Waals surface area (Å²) >= 11 is 0. The van der Waals surface area contributed by atoms with Gasteiger partial charge in [0.1, 0.15) is 5.82 Å². The third kappa shape index (κ3) is 3.30. The molecule has 0 radical (unpaired) electrons. The fourth-order valence-corrected chi connectivity index (χ4v) is 0.641. The summed E-state index contributed by atoms with van der Waals surface area (Å²) in [6.07, 6.45) is 1.50. The van der Waals surface area contributed by atoms with E-state index in [0.29, 0.717) is 5.56 Å². The quantitative estimate of drug-likeness (QED) is 0.584. The van der Waals surface area contributed by atoms with Gasteiger partial charge in [0.05, 0.1) is 13.2 Å². The Morgan fingerprint density at radius 2 is 1.92 bits per heavy atom. The summed E-state index contributed by atoms with van der Waals surface area (Å²) in [4.78, 5) is 0. The van der Waals surface area contributed by atoms with Gasteiger partial charge in [-0.1, -0.05) is 30.9 Å². The predicted molar refractivity (Wildman–Crippen MR) is 47.3 cm³/mol. The molecule has 0 aromatic heterocycles. The van der Waals surface area contributed by atoms with Crippen molar-refractivity contribution < 1.29 is 9.13 Å². The summed E-state index contributed by atoms with van der Waals surface area (Å²) < 4.78 is 17.0. The molecule has 0 saturated carbocycles. The first-order valence-corrected chi connectivity index (χ1v) is 3.79. The standard InChI is InChI=1S/C8H7F.C2H4O/c1-2-7-5-3-4-6-8(7)9;1-2-3-1/h2-6H,1H2;1-2H2. The summed E-state index contributed by atoms with van der Waals surface area (Å²) in [5.74, 6) is -0.215. The average Bonchev–Trinajstić information content (AvgIpc) is 2.91. The molecule has 0 N–H and O–H groups in total. The van der Waals surface area contributed by atoms with Crippen molar-refractivity contribution in [3.8, 4) is 0 Å². The van der Waals surface area contributed by atoms with Gasteiger partial charge in [-0.3, -0.25) is 0 Å². The highest BCUT2D eigenvalue weighted by Crippen LogP contribution is 2.05. The highest BCUT2D eigenvalue weighted by molar-refractivity contribution is 5.46. The Kier molecular flexibility index (Phi) is 3.48. The SMILES string of the molecule is C1CO1.C=Cc1ccccc1F. The molecule has 1 aromatic rings. The van der Waals surface area contributed by atoms with E-state index in [-0.39, 0.29) is 5.82 Å². The van der Waals surface area contributed by atoms with Crippen LogP contribution in [0, 0.1) is 5.82 Å². The molecule has 0 aliphatic carbocycles. The molecular formula is C10H11FO. The molecular weight excluding hydrogens is 155 g/mol. The first-order chi connectivity index (χ1) is 5.84. The lowest BCUT2D eigenvalue weighted by Gasteiger charge is -1.91. The van der Waals surface area contributed by atoms with Crippen LogP contribution in [0.4, 0.5) is 4.39 Å². The summed E-state index contributed by atoms with van der Waals surface area (Å²) in [6.45, 7) is 5.45. The van der Waals surface area contributed by atoms with Gasteiger partial charge in [-0.15, -0.1) is 0 Å².